The topological polar surface area (TPSA) is 59.0 Å². The second-order valence-electron chi connectivity index (χ2n) is 4.42. The molecule has 0 radical (unpaired) electrons. The second-order valence-corrected chi connectivity index (χ2v) is 4.42. The van der Waals surface area contributed by atoms with Gasteiger partial charge in [-0.25, -0.2) is 0 Å². The zero-order chi connectivity index (χ0) is 11.8. The van der Waals surface area contributed by atoms with Crippen molar-refractivity contribution < 1.29 is 19.4 Å². The molecule has 1 N–H and O–H groups in total. The molecule has 3 rings (SSSR count). The van der Waals surface area contributed by atoms with Crippen molar-refractivity contribution in [1.82, 2.24) is 4.90 Å². The van der Waals surface area contributed by atoms with Crippen LogP contribution in [0.25, 0.3) is 0 Å². The number of carboxylic acid groups (broad SMARTS) is 1. The van der Waals surface area contributed by atoms with Crippen LogP contribution in [-0.2, 0) is 11.3 Å². The summed E-state index contributed by atoms with van der Waals surface area (Å²) in [5.41, 5.74) is 1.12. The maximum atomic E-state index is 10.7. The lowest BCUT2D eigenvalue weighted by molar-refractivity contribution is -0.147. The maximum Gasteiger partial charge on any atom is 0.309 e. The monoisotopic (exact) mass is 235 g/mol. The Bertz CT molecular complexity index is 454. The lowest BCUT2D eigenvalue weighted by atomic mass is 9.99. The van der Waals surface area contributed by atoms with Crippen LogP contribution in [0.1, 0.15) is 5.56 Å². The van der Waals surface area contributed by atoms with Gasteiger partial charge in [0.15, 0.2) is 11.5 Å². The molecule has 0 atom stereocenters. The number of benzene rings is 1. The second kappa shape index (κ2) is 3.92. The molecule has 0 spiro atoms. The minimum Gasteiger partial charge on any atom is -0.481 e. The lowest BCUT2D eigenvalue weighted by Gasteiger charge is -2.36. The summed E-state index contributed by atoms with van der Waals surface area (Å²) in [6.45, 7) is 2.30. The van der Waals surface area contributed by atoms with Gasteiger partial charge in [0.25, 0.3) is 0 Å². The highest BCUT2D eigenvalue weighted by Gasteiger charge is 2.32. The van der Waals surface area contributed by atoms with E-state index in [0.717, 1.165) is 23.6 Å². The molecule has 2 heterocycles. The number of nitrogens with zero attached hydrogens (tertiary/aromatic N) is 1. The Balaban J connectivity index is 1.61. The summed E-state index contributed by atoms with van der Waals surface area (Å²) in [5.74, 6) is 0.648. The number of fused-ring (bicyclic) bond motifs is 1. The van der Waals surface area contributed by atoms with Crippen LogP contribution in [0.15, 0.2) is 18.2 Å². The van der Waals surface area contributed by atoms with Gasteiger partial charge in [-0.1, -0.05) is 6.07 Å². The molecular weight excluding hydrogens is 222 g/mol. The Labute approximate surface area is 98.6 Å². The number of hydrogen-bond acceptors (Lipinski definition) is 4. The van der Waals surface area contributed by atoms with E-state index in [1.165, 1.54) is 0 Å². The van der Waals surface area contributed by atoms with E-state index in [-0.39, 0.29) is 12.7 Å². The van der Waals surface area contributed by atoms with Crippen LogP contribution in [0, 0.1) is 5.92 Å². The maximum absolute atomic E-state index is 10.7. The summed E-state index contributed by atoms with van der Waals surface area (Å²) >= 11 is 0. The van der Waals surface area contributed by atoms with Crippen LogP contribution < -0.4 is 9.47 Å². The highest BCUT2D eigenvalue weighted by molar-refractivity contribution is 5.71. The molecule has 0 aromatic heterocycles. The van der Waals surface area contributed by atoms with Gasteiger partial charge < -0.3 is 14.6 Å². The molecule has 0 saturated carbocycles. The van der Waals surface area contributed by atoms with E-state index < -0.39 is 5.97 Å². The quantitative estimate of drug-likeness (QED) is 0.844. The van der Waals surface area contributed by atoms with Crippen molar-refractivity contribution in [3.63, 3.8) is 0 Å². The largest absolute Gasteiger partial charge is 0.481 e. The Morgan fingerprint density at radius 2 is 2.12 bits per heavy atom. The van der Waals surface area contributed by atoms with Crippen LogP contribution in [0.4, 0.5) is 0 Å². The van der Waals surface area contributed by atoms with Crippen molar-refractivity contribution in [3.8, 4) is 11.5 Å². The molecule has 0 unspecified atom stereocenters. The van der Waals surface area contributed by atoms with Gasteiger partial charge in [-0.05, 0) is 17.7 Å². The molecule has 0 amide bonds. The van der Waals surface area contributed by atoms with Gasteiger partial charge in [-0.15, -0.1) is 0 Å². The molecule has 2 aliphatic rings. The Hall–Kier alpha value is -1.75. The third-order valence-electron chi connectivity index (χ3n) is 3.15. The highest BCUT2D eigenvalue weighted by atomic mass is 16.7. The van der Waals surface area contributed by atoms with Gasteiger partial charge in [0, 0.05) is 19.6 Å². The molecular formula is C12H13NO4. The molecule has 1 saturated heterocycles. The number of carbonyl (C=O) groups is 1. The third-order valence-corrected chi connectivity index (χ3v) is 3.15. The van der Waals surface area contributed by atoms with Gasteiger partial charge in [0.2, 0.25) is 6.79 Å². The normalized spacial score (nSPS) is 19.1. The number of rotatable bonds is 3. The summed E-state index contributed by atoms with van der Waals surface area (Å²) in [6, 6.07) is 5.84. The molecule has 1 fully saturated rings. The van der Waals surface area contributed by atoms with Gasteiger partial charge in [-0.2, -0.15) is 0 Å². The fraction of sp³-hybridized carbons (Fsp3) is 0.417. The zero-order valence-electron chi connectivity index (χ0n) is 9.26. The molecule has 5 heteroatoms. The standard InChI is InChI=1S/C12H13NO4/c14-12(15)9-5-13(6-9)4-8-1-2-10-11(3-8)17-7-16-10/h1-3,9H,4-7H2,(H,14,15). The van der Waals surface area contributed by atoms with Gasteiger partial charge in [-0.3, -0.25) is 9.69 Å². The average Bonchev–Trinajstić information content (AvgIpc) is 2.69. The Morgan fingerprint density at radius 1 is 1.35 bits per heavy atom. The zero-order valence-corrected chi connectivity index (χ0v) is 9.26. The van der Waals surface area contributed by atoms with Crippen molar-refractivity contribution >= 4 is 5.97 Å². The minimum absolute atomic E-state index is 0.205. The number of aliphatic carboxylic acids is 1. The van der Waals surface area contributed by atoms with Crippen LogP contribution in [0.5, 0.6) is 11.5 Å². The van der Waals surface area contributed by atoms with Gasteiger partial charge in [0.1, 0.15) is 0 Å². The first-order chi connectivity index (χ1) is 8.22. The molecule has 1 aromatic carbocycles. The first-order valence-electron chi connectivity index (χ1n) is 5.56. The molecule has 5 nitrogen and oxygen atoms in total. The summed E-state index contributed by atoms with van der Waals surface area (Å²) in [6.07, 6.45) is 0. The molecule has 17 heavy (non-hydrogen) atoms. The Morgan fingerprint density at radius 3 is 2.88 bits per heavy atom. The van der Waals surface area contributed by atoms with Crippen LogP contribution in [0.2, 0.25) is 0 Å². The molecule has 0 aliphatic carbocycles. The molecule has 90 valence electrons. The number of ether oxygens (including phenoxy) is 2. The summed E-state index contributed by atoms with van der Waals surface area (Å²) in [4.78, 5) is 12.8. The van der Waals surface area contributed by atoms with Crippen molar-refractivity contribution in [1.29, 1.82) is 0 Å². The van der Waals surface area contributed by atoms with E-state index in [2.05, 4.69) is 4.90 Å². The van der Waals surface area contributed by atoms with Crippen molar-refractivity contribution in [2.45, 2.75) is 6.54 Å². The van der Waals surface area contributed by atoms with Crippen molar-refractivity contribution in [2.24, 2.45) is 5.92 Å². The van der Waals surface area contributed by atoms with E-state index in [9.17, 15) is 4.79 Å². The van der Waals surface area contributed by atoms with Crippen LogP contribution in [0.3, 0.4) is 0 Å². The fourth-order valence-corrected chi connectivity index (χ4v) is 2.15. The fourth-order valence-electron chi connectivity index (χ4n) is 2.15. The van der Waals surface area contributed by atoms with Crippen molar-refractivity contribution in [3.05, 3.63) is 23.8 Å². The SMILES string of the molecule is O=C(O)C1CN(Cc2ccc3c(c2)OCO3)C1. The Kier molecular flexibility index (Phi) is 2.40. The smallest absolute Gasteiger partial charge is 0.309 e. The summed E-state index contributed by atoms with van der Waals surface area (Å²) in [5, 5.41) is 8.78. The minimum atomic E-state index is -0.702. The average molecular weight is 235 g/mol. The van der Waals surface area contributed by atoms with E-state index in [0.29, 0.717) is 13.1 Å². The molecule has 1 aromatic rings. The number of hydrogen-bond donors (Lipinski definition) is 1. The van der Waals surface area contributed by atoms with Crippen molar-refractivity contribution in [2.75, 3.05) is 19.9 Å². The van der Waals surface area contributed by atoms with Crippen LogP contribution >= 0.6 is 0 Å². The van der Waals surface area contributed by atoms with E-state index >= 15 is 0 Å². The number of carboxylic acids is 1. The molecule has 2 aliphatic heterocycles. The molecule has 0 bridgehead atoms. The van der Waals surface area contributed by atoms with E-state index in [1.54, 1.807) is 0 Å². The van der Waals surface area contributed by atoms with E-state index in [4.69, 9.17) is 14.6 Å². The lowest BCUT2D eigenvalue weighted by Crippen LogP contribution is -2.49. The predicted molar refractivity (Wildman–Crippen MR) is 59.0 cm³/mol. The first kappa shape index (κ1) is 10.4. The third kappa shape index (κ3) is 1.93. The summed E-state index contributed by atoms with van der Waals surface area (Å²) < 4.78 is 10.5. The van der Waals surface area contributed by atoms with Gasteiger partial charge >= 0.3 is 5.97 Å². The van der Waals surface area contributed by atoms with Gasteiger partial charge in [0.05, 0.1) is 5.92 Å². The first-order valence-corrected chi connectivity index (χ1v) is 5.56. The number of likely N-dealkylation sites (tertiary alicyclic amines) is 1. The highest BCUT2D eigenvalue weighted by Crippen LogP contribution is 2.33. The predicted octanol–water partition coefficient (Wildman–Crippen LogP) is 0.932. The van der Waals surface area contributed by atoms with E-state index in [1.807, 2.05) is 18.2 Å². The summed E-state index contributed by atoms with van der Waals surface area (Å²) in [7, 11) is 0. The van der Waals surface area contributed by atoms with Crippen LogP contribution in [-0.4, -0.2) is 35.9 Å².